The van der Waals surface area contributed by atoms with Crippen LogP contribution in [0.1, 0.15) is 58.7 Å². The van der Waals surface area contributed by atoms with E-state index in [4.69, 9.17) is 5.73 Å². The summed E-state index contributed by atoms with van der Waals surface area (Å²) in [7, 11) is 0. The van der Waals surface area contributed by atoms with Crippen LogP contribution in [0.25, 0.3) is 0 Å². The Bertz CT molecular complexity index is 402. The molecule has 1 aromatic rings. The fourth-order valence-corrected chi connectivity index (χ4v) is 3.54. The van der Waals surface area contributed by atoms with E-state index in [1.54, 1.807) is 0 Å². The summed E-state index contributed by atoms with van der Waals surface area (Å²) in [5, 5.41) is 0. The van der Waals surface area contributed by atoms with E-state index in [0.717, 1.165) is 19.0 Å². The first-order chi connectivity index (χ1) is 8.97. The highest BCUT2D eigenvalue weighted by Gasteiger charge is 2.37. The zero-order valence-corrected chi connectivity index (χ0v) is 12.9. The van der Waals surface area contributed by atoms with Gasteiger partial charge in [0.05, 0.1) is 0 Å². The minimum absolute atomic E-state index is 0.390. The van der Waals surface area contributed by atoms with Gasteiger partial charge in [-0.15, -0.1) is 0 Å². The number of hydrogen-bond donors (Lipinski definition) is 1. The van der Waals surface area contributed by atoms with Crippen molar-refractivity contribution >= 4 is 0 Å². The average molecular weight is 263 g/mol. The van der Waals surface area contributed by atoms with Gasteiger partial charge in [0.15, 0.2) is 0 Å². The largest absolute Gasteiger partial charge is 0.335 e. The molecule has 2 rings (SSSR count). The van der Waals surface area contributed by atoms with Crippen LogP contribution in [-0.2, 0) is 6.54 Å². The second-order valence-corrected chi connectivity index (χ2v) is 7.05. The fourth-order valence-electron chi connectivity index (χ4n) is 3.54. The molecular weight excluding hydrogens is 234 g/mol. The third-order valence-electron chi connectivity index (χ3n) is 4.94. The lowest BCUT2D eigenvalue weighted by molar-refractivity contribution is 0.128. The van der Waals surface area contributed by atoms with Crippen LogP contribution in [-0.4, -0.2) is 16.1 Å². The predicted molar refractivity (Wildman–Crippen MR) is 80.0 cm³/mol. The van der Waals surface area contributed by atoms with E-state index in [1.807, 2.05) is 6.20 Å². The van der Waals surface area contributed by atoms with Gasteiger partial charge in [-0.3, -0.25) is 0 Å². The van der Waals surface area contributed by atoms with Gasteiger partial charge in [0.25, 0.3) is 0 Å². The Labute approximate surface area is 117 Å². The van der Waals surface area contributed by atoms with Gasteiger partial charge in [-0.1, -0.05) is 20.8 Å². The van der Waals surface area contributed by atoms with Gasteiger partial charge in [-0.05, 0) is 50.0 Å². The second-order valence-electron chi connectivity index (χ2n) is 7.05. The third kappa shape index (κ3) is 3.02. The molecule has 0 aromatic carbocycles. The summed E-state index contributed by atoms with van der Waals surface area (Å²) in [4.78, 5) is 4.63. The topological polar surface area (TPSA) is 43.8 Å². The van der Waals surface area contributed by atoms with Crippen LogP contribution in [0.2, 0.25) is 0 Å². The lowest BCUT2D eigenvalue weighted by Crippen LogP contribution is -2.35. The number of nitrogens with two attached hydrogens (primary N) is 1. The van der Waals surface area contributed by atoms with Crippen molar-refractivity contribution in [2.24, 2.45) is 23.0 Å². The van der Waals surface area contributed by atoms with Crippen LogP contribution in [0.5, 0.6) is 0 Å². The first-order valence-corrected chi connectivity index (χ1v) is 7.68. The van der Waals surface area contributed by atoms with E-state index in [0.29, 0.717) is 17.3 Å². The van der Waals surface area contributed by atoms with Crippen LogP contribution >= 0.6 is 0 Å². The lowest BCUT2D eigenvalue weighted by atomic mass is 9.65. The highest BCUT2D eigenvalue weighted by Crippen LogP contribution is 2.46. The normalized spacial score (nSPS) is 28.6. The predicted octanol–water partition coefficient (Wildman–Crippen LogP) is 3.41. The molecule has 0 amide bonds. The summed E-state index contributed by atoms with van der Waals surface area (Å²) in [5.74, 6) is 3.18. The fraction of sp³-hybridized carbons (Fsp3) is 0.812. The Morgan fingerprint density at radius 3 is 2.68 bits per heavy atom. The molecule has 2 N–H and O–H groups in total. The Morgan fingerprint density at radius 1 is 1.37 bits per heavy atom. The summed E-state index contributed by atoms with van der Waals surface area (Å²) >= 11 is 0. The first kappa shape index (κ1) is 14.6. The zero-order valence-electron chi connectivity index (χ0n) is 12.9. The van der Waals surface area contributed by atoms with E-state index >= 15 is 0 Å². The Hall–Kier alpha value is -0.830. The number of hydrogen-bond acceptors (Lipinski definition) is 2. The van der Waals surface area contributed by atoms with E-state index in [2.05, 4.69) is 43.4 Å². The van der Waals surface area contributed by atoms with Gasteiger partial charge in [0, 0.05) is 24.9 Å². The van der Waals surface area contributed by atoms with Gasteiger partial charge >= 0.3 is 0 Å². The van der Waals surface area contributed by atoms with Crippen LogP contribution in [0.15, 0.2) is 12.4 Å². The minimum atomic E-state index is 0.390. The maximum absolute atomic E-state index is 6.01. The van der Waals surface area contributed by atoms with Gasteiger partial charge in [0.2, 0.25) is 0 Å². The molecule has 1 saturated carbocycles. The lowest BCUT2D eigenvalue weighted by Gasteiger charge is -2.41. The Morgan fingerprint density at radius 2 is 2.11 bits per heavy atom. The molecule has 0 spiro atoms. The molecule has 1 aromatic heterocycles. The SMILES string of the molecule is CCn1ccnc1C1CC(C(C)(C)C)CCC1CN. The molecule has 3 atom stereocenters. The van der Waals surface area contributed by atoms with Gasteiger partial charge < -0.3 is 10.3 Å². The quantitative estimate of drug-likeness (QED) is 0.908. The number of nitrogens with zero attached hydrogens (tertiary/aromatic N) is 2. The molecule has 1 aliphatic rings. The Kier molecular flexibility index (Phi) is 4.34. The number of aromatic nitrogens is 2. The van der Waals surface area contributed by atoms with Crippen molar-refractivity contribution in [3.05, 3.63) is 18.2 Å². The molecule has 0 saturated heterocycles. The molecule has 1 fully saturated rings. The van der Waals surface area contributed by atoms with Crippen molar-refractivity contribution in [2.45, 2.75) is 59.4 Å². The van der Waals surface area contributed by atoms with Crippen molar-refractivity contribution < 1.29 is 0 Å². The average Bonchev–Trinajstić information content (AvgIpc) is 2.85. The van der Waals surface area contributed by atoms with Crippen molar-refractivity contribution in [3.63, 3.8) is 0 Å². The van der Waals surface area contributed by atoms with Crippen molar-refractivity contribution in [1.82, 2.24) is 9.55 Å². The first-order valence-electron chi connectivity index (χ1n) is 7.68. The third-order valence-corrected chi connectivity index (χ3v) is 4.94. The molecule has 3 unspecified atom stereocenters. The van der Waals surface area contributed by atoms with Gasteiger partial charge in [-0.25, -0.2) is 4.98 Å². The highest BCUT2D eigenvalue weighted by atomic mass is 15.1. The maximum Gasteiger partial charge on any atom is 0.112 e. The Balaban J connectivity index is 2.23. The molecule has 0 radical (unpaired) electrons. The smallest absolute Gasteiger partial charge is 0.112 e. The van der Waals surface area contributed by atoms with Crippen molar-refractivity contribution in [3.8, 4) is 0 Å². The molecule has 1 heterocycles. The molecule has 108 valence electrons. The van der Waals surface area contributed by atoms with E-state index in [-0.39, 0.29) is 0 Å². The summed E-state index contributed by atoms with van der Waals surface area (Å²) in [6.45, 7) is 11.1. The molecule has 0 aliphatic heterocycles. The number of imidazole rings is 1. The van der Waals surface area contributed by atoms with E-state index in [1.165, 1.54) is 25.1 Å². The molecular formula is C16H29N3. The van der Waals surface area contributed by atoms with Gasteiger partial charge in [0.1, 0.15) is 5.82 Å². The standard InChI is InChI=1S/C16H29N3/c1-5-19-9-8-18-15(19)14-10-13(16(2,3)4)7-6-12(14)11-17/h8-9,12-14H,5-7,10-11,17H2,1-4H3. The molecule has 19 heavy (non-hydrogen) atoms. The molecule has 0 bridgehead atoms. The molecule has 1 aliphatic carbocycles. The minimum Gasteiger partial charge on any atom is -0.335 e. The van der Waals surface area contributed by atoms with E-state index in [9.17, 15) is 0 Å². The number of rotatable bonds is 3. The van der Waals surface area contributed by atoms with Crippen LogP contribution < -0.4 is 5.73 Å². The summed E-state index contributed by atoms with van der Waals surface area (Å²) in [6, 6.07) is 0. The summed E-state index contributed by atoms with van der Waals surface area (Å²) in [5.41, 5.74) is 6.40. The number of aryl methyl sites for hydroxylation is 1. The van der Waals surface area contributed by atoms with Crippen LogP contribution in [0, 0.1) is 17.3 Å². The maximum atomic E-state index is 6.01. The summed E-state index contributed by atoms with van der Waals surface area (Å²) in [6.07, 6.45) is 7.84. The monoisotopic (exact) mass is 263 g/mol. The highest BCUT2D eigenvalue weighted by molar-refractivity contribution is 5.06. The van der Waals surface area contributed by atoms with Crippen molar-refractivity contribution in [1.29, 1.82) is 0 Å². The molecule has 3 heteroatoms. The van der Waals surface area contributed by atoms with Crippen LogP contribution in [0.3, 0.4) is 0 Å². The second kappa shape index (κ2) is 5.66. The van der Waals surface area contributed by atoms with E-state index < -0.39 is 0 Å². The zero-order chi connectivity index (χ0) is 14.0. The van der Waals surface area contributed by atoms with Gasteiger partial charge in [-0.2, -0.15) is 0 Å². The molecule has 3 nitrogen and oxygen atoms in total. The van der Waals surface area contributed by atoms with Crippen molar-refractivity contribution in [2.75, 3.05) is 6.54 Å². The van der Waals surface area contributed by atoms with Crippen LogP contribution in [0.4, 0.5) is 0 Å². The summed E-state index contributed by atoms with van der Waals surface area (Å²) < 4.78 is 2.29.